The summed E-state index contributed by atoms with van der Waals surface area (Å²) in [6.45, 7) is 2.23. The average molecular weight is 682 g/mol. The standard InChI is InChI=1S/C48H31N3O2/c1-28-18-25-40-44(42(28)48-50-46(31-12-3-2-4-13-31)49-47(51-48)34-20-19-29-10-5-6-14-32(29)26-34)43-35(16-9-17-39(43)52-40)33-22-23-37-38-24-21-30-11-7-8-15-36(30)45(38)53-41(37)27-33/h2-28,42H,1H3. The first-order chi connectivity index (χ1) is 26.2. The second-order valence-electron chi connectivity index (χ2n) is 14.0. The Morgan fingerprint density at radius 2 is 1.25 bits per heavy atom. The Labute approximate surface area is 304 Å². The van der Waals surface area contributed by atoms with Crippen molar-refractivity contribution in [1.29, 1.82) is 0 Å². The van der Waals surface area contributed by atoms with E-state index in [0.717, 1.165) is 83.1 Å². The number of fused-ring (bicyclic) bond motifs is 9. The summed E-state index contributed by atoms with van der Waals surface area (Å²) >= 11 is 0. The largest absolute Gasteiger partial charge is 0.456 e. The van der Waals surface area contributed by atoms with Crippen LogP contribution in [-0.2, 0) is 0 Å². The predicted octanol–water partition coefficient (Wildman–Crippen LogP) is 12.6. The molecule has 5 heteroatoms. The lowest BCUT2D eigenvalue weighted by Gasteiger charge is -2.25. The molecule has 3 aromatic heterocycles. The van der Waals surface area contributed by atoms with E-state index >= 15 is 0 Å². The van der Waals surface area contributed by atoms with Gasteiger partial charge in [0, 0.05) is 38.2 Å². The van der Waals surface area contributed by atoms with E-state index in [1.54, 1.807) is 0 Å². The molecule has 0 amide bonds. The van der Waals surface area contributed by atoms with E-state index in [-0.39, 0.29) is 11.8 Å². The first-order valence-electron chi connectivity index (χ1n) is 18.0. The van der Waals surface area contributed by atoms with E-state index in [1.165, 1.54) is 10.8 Å². The average Bonchev–Trinajstić information content (AvgIpc) is 3.79. The monoisotopic (exact) mass is 681 g/mol. The van der Waals surface area contributed by atoms with Crippen LogP contribution in [0.2, 0.25) is 0 Å². The maximum Gasteiger partial charge on any atom is 0.163 e. The van der Waals surface area contributed by atoms with Crippen molar-refractivity contribution in [2.75, 3.05) is 0 Å². The molecule has 0 saturated carbocycles. The zero-order valence-electron chi connectivity index (χ0n) is 28.8. The zero-order chi connectivity index (χ0) is 35.0. The molecule has 0 spiro atoms. The van der Waals surface area contributed by atoms with E-state index < -0.39 is 0 Å². The molecule has 0 bridgehead atoms. The fourth-order valence-electron chi connectivity index (χ4n) is 8.22. The highest BCUT2D eigenvalue weighted by Gasteiger charge is 2.34. The van der Waals surface area contributed by atoms with Crippen molar-refractivity contribution in [2.24, 2.45) is 5.92 Å². The molecule has 0 aliphatic heterocycles. The number of benzene rings is 7. The molecule has 53 heavy (non-hydrogen) atoms. The Hall–Kier alpha value is -6.85. The number of hydrogen-bond donors (Lipinski definition) is 0. The van der Waals surface area contributed by atoms with Gasteiger partial charge in [0.15, 0.2) is 11.6 Å². The summed E-state index contributed by atoms with van der Waals surface area (Å²) in [5.74, 6) is 2.77. The van der Waals surface area contributed by atoms with Gasteiger partial charge >= 0.3 is 0 Å². The van der Waals surface area contributed by atoms with Gasteiger partial charge in [-0.1, -0.05) is 128 Å². The van der Waals surface area contributed by atoms with Crippen molar-refractivity contribution in [3.8, 4) is 33.9 Å². The highest BCUT2D eigenvalue weighted by Crippen LogP contribution is 2.47. The molecule has 0 N–H and O–H groups in total. The smallest absolute Gasteiger partial charge is 0.163 e. The van der Waals surface area contributed by atoms with E-state index in [2.05, 4.69) is 146 Å². The zero-order valence-corrected chi connectivity index (χ0v) is 28.8. The quantitative estimate of drug-likeness (QED) is 0.185. The van der Waals surface area contributed by atoms with E-state index in [1.807, 2.05) is 18.2 Å². The predicted molar refractivity (Wildman–Crippen MR) is 215 cm³/mol. The summed E-state index contributed by atoms with van der Waals surface area (Å²) in [4.78, 5) is 15.6. The van der Waals surface area contributed by atoms with E-state index in [4.69, 9.17) is 23.8 Å². The Bertz CT molecular complexity index is 3100. The van der Waals surface area contributed by atoms with Gasteiger partial charge in [-0.15, -0.1) is 0 Å². The Kier molecular flexibility index (Phi) is 6.52. The molecule has 0 saturated heterocycles. The van der Waals surface area contributed by atoms with Crippen LogP contribution in [0.15, 0.2) is 161 Å². The molecule has 250 valence electrons. The fourth-order valence-corrected chi connectivity index (χ4v) is 8.22. The summed E-state index contributed by atoms with van der Waals surface area (Å²) in [6, 6.07) is 50.5. The van der Waals surface area contributed by atoms with Gasteiger partial charge in [-0.05, 0) is 69.6 Å². The van der Waals surface area contributed by atoms with Gasteiger partial charge in [-0.2, -0.15) is 0 Å². The number of furan rings is 2. The van der Waals surface area contributed by atoms with Gasteiger partial charge in [-0.25, -0.2) is 15.0 Å². The molecular formula is C48H31N3O2. The van der Waals surface area contributed by atoms with Gasteiger partial charge in [0.25, 0.3) is 0 Å². The fraction of sp³-hybridized carbons (Fsp3) is 0.0625. The van der Waals surface area contributed by atoms with Crippen molar-refractivity contribution in [1.82, 2.24) is 15.0 Å². The number of allylic oxidation sites excluding steroid dienone is 1. The molecule has 1 aliphatic carbocycles. The minimum Gasteiger partial charge on any atom is -0.456 e. The van der Waals surface area contributed by atoms with Crippen LogP contribution in [0.4, 0.5) is 0 Å². The molecule has 1 aliphatic rings. The van der Waals surface area contributed by atoms with Crippen LogP contribution >= 0.6 is 0 Å². The van der Waals surface area contributed by atoms with Crippen LogP contribution in [0, 0.1) is 5.92 Å². The molecule has 2 atom stereocenters. The Morgan fingerprint density at radius 1 is 0.509 bits per heavy atom. The molecule has 5 nitrogen and oxygen atoms in total. The lowest BCUT2D eigenvalue weighted by molar-refractivity contribution is 0.545. The third kappa shape index (κ3) is 4.74. The second-order valence-corrected chi connectivity index (χ2v) is 14.0. The molecule has 2 unspecified atom stereocenters. The lowest BCUT2D eigenvalue weighted by Crippen LogP contribution is -2.18. The summed E-state index contributed by atoms with van der Waals surface area (Å²) < 4.78 is 13.3. The third-order valence-electron chi connectivity index (χ3n) is 10.8. The lowest BCUT2D eigenvalue weighted by atomic mass is 9.80. The topological polar surface area (TPSA) is 65.0 Å². The molecule has 0 fully saturated rings. The Balaban J connectivity index is 1.11. The third-order valence-corrected chi connectivity index (χ3v) is 10.8. The maximum absolute atomic E-state index is 6.63. The van der Waals surface area contributed by atoms with Gasteiger partial charge in [-0.3, -0.25) is 0 Å². The van der Waals surface area contributed by atoms with Crippen LogP contribution in [0.1, 0.15) is 30.0 Å². The molecule has 7 aromatic carbocycles. The first kappa shape index (κ1) is 29.8. The van der Waals surface area contributed by atoms with Crippen molar-refractivity contribution >= 4 is 60.5 Å². The SMILES string of the molecule is CC1C=Cc2oc3cccc(-c4ccc5c(c4)oc4c6ccccc6ccc54)c3c2C1c1nc(-c2ccccc2)nc(-c2ccc3ccccc3c2)n1. The number of aromatic nitrogens is 3. The highest BCUT2D eigenvalue weighted by molar-refractivity contribution is 6.15. The number of hydrogen-bond acceptors (Lipinski definition) is 5. The normalized spacial score (nSPS) is 15.6. The van der Waals surface area contributed by atoms with Gasteiger partial charge in [0.2, 0.25) is 0 Å². The summed E-state index contributed by atoms with van der Waals surface area (Å²) in [6.07, 6.45) is 4.32. The number of rotatable bonds is 4. The maximum atomic E-state index is 6.63. The molecule has 10 aromatic rings. The molecule has 3 heterocycles. The molecule has 11 rings (SSSR count). The van der Waals surface area contributed by atoms with Gasteiger partial charge in [0.1, 0.15) is 28.3 Å². The Morgan fingerprint density at radius 3 is 2.13 bits per heavy atom. The van der Waals surface area contributed by atoms with Crippen LogP contribution in [0.25, 0.3) is 94.4 Å². The summed E-state index contributed by atoms with van der Waals surface area (Å²) in [5.41, 5.74) is 7.75. The highest BCUT2D eigenvalue weighted by atomic mass is 16.3. The van der Waals surface area contributed by atoms with Crippen molar-refractivity contribution in [2.45, 2.75) is 12.8 Å². The van der Waals surface area contributed by atoms with Crippen LogP contribution in [0.3, 0.4) is 0 Å². The first-order valence-corrected chi connectivity index (χ1v) is 18.0. The van der Waals surface area contributed by atoms with Crippen LogP contribution < -0.4 is 0 Å². The van der Waals surface area contributed by atoms with E-state index in [9.17, 15) is 0 Å². The van der Waals surface area contributed by atoms with Gasteiger partial charge < -0.3 is 8.83 Å². The van der Waals surface area contributed by atoms with Gasteiger partial charge in [0.05, 0.1) is 5.92 Å². The van der Waals surface area contributed by atoms with E-state index in [0.29, 0.717) is 11.6 Å². The molecule has 0 radical (unpaired) electrons. The van der Waals surface area contributed by atoms with Crippen LogP contribution in [0.5, 0.6) is 0 Å². The van der Waals surface area contributed by atoms with Crippen molar-refractivity contribution in [3.63, 3.8) is 0 Å². The van der Waals surface area contributed by atoms with Crippen molar-refractivity contribution in [3.05, 3.63) is 169 Å². The number of nitrogens with zero attached hydrogens (tertiary/aromatic N) is 3. The second kappa shape index (κ2) is 11.6. The molecular weight excluding hydrogens is 651 g/mol. The summed E-state index contributed by atoms with van der Waals surface area (Å²) in [5, 5.41) is 7.89. The van der Waals surface area contributed by atoms with Crippen molar-refractivity contribution < 1.29 is 8.83 Å². The minimum absolute atomic E-state index is 0.0953. The summed E-state index contributed by atoms with van der Waals surface area (Å²) in [7, 11) is 0. The minimum atomic E-state index is -0.177. The van der Waals surface area contributed by atoms with Crippen LogP contribution in [-0.4, -0.2) is 15.0 Å².